The van der Waals surface area contributed by atoms with Crippen LogP contribution in [0.15, 0.2) is 23.0 Å². The molecule has 0 aliphatic carbocycles. The van der Waals surface area contributed by atoms with Crippen molar-refractivity contribution >= 4 is 0 Å². The van der Waals surface area contributed by atoms with Crippen LogP contribution in [-0.4, -0.2) is 15.1 Å². The van der Waals surface area contributed by atoms with E-state index in [0.717, 1.165) is 17.5 Å². The molecule has 0 saturated heterocycles. The Morgan fingerprint density at radius 1 is 1.50 bits per heavy atom. The summed E-state index contributed by atoms with van der Waals surface area (Å²) in [4.78, 5) is 8.33. The van der Waals surface area contributed by atoms with Crippen LogP contribution in [0.3, 0.4) is 0 Å². The van der Waals surface area contributed by atoms with Gasteiger partial charge < -0.3 is 10.3 Å². The van der Waals surface area contributed by atoms with Gasteiger partial charge in [0, 0.05) is 18.0 Å². The van der Waals surface area contributed by atoms with E-state index < -0.39 is 0 Å². The Balaban J connectivity index is 2.42. The van der Waals surface area contributed by atoms with E-state index in [1.54, 1.807) is 6.20 Å². The van der Waals surface area contributed by atoms with Crippen molar-refractivity contribution in [1.29, 1.82) is 0 Å². The zero-order chi connectivity index (χ0) is 11.5. The third kappa shape index (κ3) is 1.94. The summed E-state index contributed by atoms with van der Waals surface area (Å²) in [6, 6.07) is 1.64. The SMILES string of the molecule is CCc1cnccc1-c1noc([C@H](C)N)n1. The van der Waals surface area contributed by atoms with E-state index in [1.165, 1.54) is 0 Å². The molecule has 2 heterocycles. The molecule has 0 fully saturated rings. The summed E-state index contributed by atoms with van der Waals surface area (Å²) in [5, 5.41) is 3.92. The van der Waals surface area contributed by atoms with E-state index in [-0.39, 0.29) is 6.04 Å². The second-order valence-corrected chi connectivity index (χ2v) is 3.63. The molecule has 0 aliphatic heterocycles. The zero-order valence-corrected chi connectivity index (χ0v) is 9.34. The van der Waals surface area contributed by atoms with Crippen molar-refractivity contribution in [1.82, 2.24) is 15.1 Å². The number of pyridine rings is 1. The third-order valence-corrected chi connectivity index (χ3v) is 2.36. The van der Waals surface area contributed by atoms with Gasteiger partial charge in [-0.1, -0.05) is 12.1 Å². The van der Waals surface area contributed by atoms with Crippen LogP contribution in [0.25, 0.3) is 11.4 Å². The van der Waals surface area contributed by atoms with Gasteiger partial charge in [-0.05, 0) is 25.0 Å². The first-order valence-corrected chi connectivity index (χ1v) is 5.24. The molecule has 0 bridgehead atoms. The number of nitrogens with zero attached hydrogens (tertiary/aromatic N) is 3. The van der Waals surface area contributed by atoms with Crippen LogP contribution in [0.2, 0.25) is 0 Å². The van der Waals surface area contributed by atoms with E-state index in [0.29, 0.717) is 11.7 Å². The molecular formula is C11H14N4O. The van der Waals surface area contributed by atoms with Crippen molar-refractivity contribution < 1.29 is 4.52 Å². The molecule has 5 nitrogen and oxygen atoms in total. The van der Waals surface area contributed by atoms with Crippen molar-refractivity contribution in [3.05, 3.63) is 29.9 Å². The number of hydrogen-bond donors (Lipinski definition) is 1. The minimum Gasteiger partial charge on any atom is -0.337 e. The summed E-state index contributed by atoms with van der Waals surface area (Å²) in [5.41, 5.74) is 7.72. The lowest BCUT2D eigenvalue weighted by Crippen LogP contribution is -2.04. The number of aryl methyl sites for hydroxylation is 1. The third-order valence-electron chi connectivity index (χ3n) is 2.36. The first-order chi connectivity index (χ1) is 7.72. The second-order valence-electron chi connectivity index (χ2n) is 3.63. The first kappa shape index (κ1) is 10.8. The maximum atomic E-state index is 5.67. The maximum absolute atomic E-state index is 5.67. The molecular weight excluding hydrogens is 204 g/mol. The van der Waals surface area contributed by atoms with E-state index in [2.05, 4.69) is 22.0 Å². The Hall–Kier alpha value is -1.75. The molecule has 0 saturated carbocycles. The van der Waals surface area contributed by atoms with Gasteiger partial charge in [-0.25, -0.2) is 0 Å². The highest BCUT2D eigenvalue weighted by molar-refractivity contribution is 5.58. The molecule has 0 aliphatic rings. The first-order valence-electron chi connectivity index (χ1n) is 5.24. The normalized spacial score (nSPS) is 12.7. The molecule has 0 spiro atoms. The van der Waals surface area contributed by atoms with Crippen LogP contribution in [0.4, 0.5) is 0 Å². The summed E-state index contributed by atoms with van der Waals surface area (Å²) >= 11 is 0. The van der Waals surface area contributed by atoms with Crippen LogP contribution in [-0.2, 0) is 6.42 Å². The quantitative estimate of drug-likeness (QED) is 0.848. The van der Waals surface area contributed by atoms with Crippen molar-refractivity contribution in [2.75, 3.05) is 0 Å². The molecule has 0 radical (unpaired) electrons. The lowest BCUT2D eigenvalue weighted by atomic mass is 10.1. The van der Waals surface area contributed by atoms with Gasteiger partial charge in [0.05, 0.1) is 6.04 Å². The summed E-state index contributed by atoms with van der Waals surface area (Å²) < 4.78 is 5.07. The molecule has 16 heavy (non-hydrogen) atoms. The topological polar surface area (TPSA) is 77.8 Å². The van der Waals surface area contributed by atoms with Crippen LogP contribution < -0.4 is 5.73 Å². The Morgan fingerprint density at radius 3 is 2.94 bits per heavy atom. The van der Waals surface area contributed by atoms with Crippen molar-refractivity contribution in [2.24, 2.45) is 5.73 Å². The number of hydrogen-bond acceptors (Lipinski definition) is 5. The average molecular weight is 218 g/mol. The van der Waals surface area contributed by atoms with Gasteiger partial charge in [0.1, 0.15) is 0 Å². The molecule has 2 N–H and O–H groups in total. The van der Waals surface area contributed by atoms with Gasteiger partial charge in [-0.15, -0.1) is 0 Å². The maximum Gasteiger partial charge on any atom is 0.243 e. The Kier molecular flexibility index (Phi) is 2.96. The van der Waals surface area contributed by atoms with Crippen LogP contribution in [0, 0.1) is 0 Å². The minimum atomic E-state index is -0.242. The largest absolute Gasteiger partial charge is 0.337 e. The van der Waals surface area contributed by atoms with Crippen molar-refractivity contribution in [2.45, 2.75) is 26.3 Å². The van der Waals surface area contributed by atoms with Gasteiger partial charge >= 0.3 is 0 Å². The molecule has 0 unspecified atom stereocenters. The van der Waals surface area contributed by atoms with Crippen molar-refractivity contribution in [3.63, 3.8) is 0 Å². The van der Waals surface area contributed by atoms with Gasteiger partial charge in [0.25, 0.3) is 0 Å². The van der Waals surface area contributed by atoms with E-state index in [9.17, 15) is 0 Å². The Labute approximate surface area is 93.7 Å². The van der Waals surface area contributed by atoms with E-state index in [1.807, 2.05) is 19.2 Å². The lowest BCUT2D eigenvalue weighted by Gasteiger charge is -2.01. The lowest BCUT2D eigenvalue weighted by molar-refractivity contribution is 0.362. The van der Waals surface area contributed by atoms with Gasteiger partial charge in [0.15, 0.2) is 0 Å². The van der Waals surface area contributed by atoms with Crippen molar-refractivity contribution in [3.8, 4) is 11.4 Å². The minimum absolute atomic E-state index is 0.242. The summed E-state index contributed by atoms with van der Waals surface area (Å²) in [6.07, 6.45) is 4.42. The number of nitrogens with two attached hydrogens (primary N) is 1. The van der Waals surface area contributed by atoms with E-state index in [4.69, 9.17) is 10.3 Å². The van der Waals surface area contributed by atoms with E-state index >= 15 is 0 Å². The summed E-state index contributed by atoms with van der Waals surface area (Å²) in [7, 11) is 0. The van der Waals surface area contributed by atoms with Crippen LogP contribution in [0.5, 0.6) is 0 Å². The van der Waals surface area contributed by atoms with Gasteiger partial charge in [-0.2, -0.15) is 4.98 Å². The Bertz CT molecular complexity index is 478. The fraction of sp³-hybridized carbons (Fsp3) is 0.364. The molecule has 2 aromatic rings. The predicted molar refractivity (Wildman–Crippen MR) is 59.5 cm³/mol. The van der Waals surface area contributed by atoms with Gasteiger partial charge in [-0.3, -0.25) is 4.98 Å². The molecule has 5 heteroatoms. The average Bonchev–Trinajstić information content (AvgIpc) is 2.78. The predicted octanol–water partition coefficient (Wildman–Crippen LogP) is 1.71. The highest BCUT2D eigenvalue weighted by atomic mass is 16.5. The molecule has 84 valence electrons. The highest BCUT2D eigenvalue weighted by Crippen LogP contribution is 2.21. The fourth-order valence-corrected chi connectivity index (χ4v) is 1.46. The van der Waals surface area contributed by atoms with Crippen LogP contribution >= 0.6 is 0 Å². The monoisotopic (exact) mass is 218 g/mol. The molecule has 2 rings (SSSR count). The highest BCUT2D eigenvalue weighted by Gasteiger charge is 2.13. The number of aromatic nitrogens is 3. The molecule has 0 amide bonds. The second kappa shape index (κ2) is 4.40. The molecule has 2 aromatic heterocycles. The molecule has 0 aromatic carbocycles. The number of rotatable bonds is 3. The van der Waals surface area contributed by atoms with Crippen LogP contribution in [0.1, 0.15) is 31.3 Å². The fourth-order valence-electron chi connectivity index (χ4n) is 1.46. The standard InChI is InChI=1S/C11H14N4O/c1-3-8-6-13-5-4-9(8)10-14-11(7(2)12)16-15-10/h4-7H,3,12H2,1-2H3/t7-/m0/s1. The molecule has 1 atom stereocenters. The van der Waals surface area contributed by atoms with Gasteiger partial charge in [0.2, 0.25) is 11.7 Å². The zero-order valence-electron chi connectivity index (χ0n) is 9.34. The Morgan fingerprint density at radius 2 is 2.31 bits per heavy atom. The smallest absolute Gasteiger partial charge is 0.243 e. The summed E-state index contributed by atoms with van der Waals surface area (Å²) in [6.45, 7) is 3.87. The summed E-state index contributed by atoms with van der Waals surface area (Å²) in [5.74, 6) is 1.03.